The molecule has 7 heteroatoms. The van der Waals surface area contributed by atoms with Crippen LogP contribution in [0.3, 0.4) is 0 Å². The molecule has 3 rings (SSSR count). The van der Waals surface area contributed by atoms with Crippen LogP contribution in [0, 0.1) is 20.8 Å². The van der Waals surface area contributed by atoms with Gasteiger partial charge in [-0.25, -0.2) is 0 Å². The third kappa shape index (κ3) is 6.09. The lowest BCUT2D eigenvalue weighted by atomic mass is 10.1. The van der Waals surface area contributed by atoms with Crippen LogP contribution < -0.4 is 10.1 Å². The minimum Gasteiger partial charge on any atom is -0.494 e. The Morgan fingerprint density at radius 1 is 1.14 bits per heavy atom. The van der Waals surface area contributed by atoms with Crippen molar-refractivity contribution in [2.24, 2.45) is 0 Å². The van der Waals surface area contributed by atoms with Crippen molar-refractivity contribution in [3.05, 3.63) is 65.5 Å². The van der Waals surface area contributed by atoms with E-state index in [0.717, 1.165) is 17.9 Å². The Bertz CT molecular complexity index is 971. The van der Waals surface area contributed by atoms with Crippen molar-refractivity contribution in [3.8, 4) is 11.4 Å². The molecular weight excluding hydrogens is 384 g/mol. The predicted octanol–water partition coefficient (Wildman–Crippen LogP) is 3.87. The van der Waals surface area contributed by atoms with Crippen molar-refractivity contribution >= 4 is 17.7 Å². The Morgan fingerprint density at radius 3 is 2.79 bits per heavy atom. The van der Waals surface area contributed by atoms with Gasteiger partial charge >= 0.3 is 0 Å². The summed E-state index contributed by atoms with van der Waals surface area (Å²) in [6.07, 6.45) is 2.43. The van der Waals surface area contributed by atoms with Gasteiger partial charge in [0.25, 0.3) is 0 Å². The number of nitrogens with zero attached hydrogens (tertiary/aromatic N) is 3. The van der Waals surface area contributed by atoms with Crippen molar-refractivity contribution < 1.29 is 9.53 Å². The summed E-state index contributed by atoms with van der Waals surface area (Å²) in [6, 6.07) is 14.1. The standard InChI is InChI=1S/C22H26N4O2S/c1-16-6-4-7-20(12-16)28-11-5-10-23-21(27)14-29-22-25-24-15-26(22)19-9-8-17(2)18(3)13-19/h4,6-9,12-13,15H,5,10-11,14H2,1-3H3,(H,23,27). The molecule has 1 heterocycles. The number of hydrogen-bond donors (Lipinski definition) is 1. The fourth-order valence-electron chi connectivity index (χ4n) is 2.75. The van der Waals surface area contributed by atoms with Gasteiger partial charge in [0.1, 0.15) is 12.1 Å². The zero-order chi connectivity index (χ0) is 20.6. The zero-order valence-corrected chi connectivity index (χ0v) is 17.8. The minimum absolute atomic E-state index is 0.0276. The van der Waals surface area contributed by atoms with Crippen molar-refractivity contribution in [1.82, 2.24) is 20.1 Å². The molecule has 0 aliphatic heterocycles. The van der Waals surface area contributed by atoms with Gasteiger partial charge in [0.15, 0.2) is 5.16 Å². The van der Waals surface area contributed by atoms with E-state index in [2.05, 4.69) is 41.5 Å². The number of carbonyl (C=O) groups excluding carboxylic acids is 1. The molecule has 0 bridgehead atoms. The average Bonchev–Trinajstić information content (AvgIpc) is 3.17. The molecule has 0 atom stereocenters. The fourth-order valence-corrected chi connectivity index (χ4v) is 3.51. The molecule has 6 nitrogen and oxygen atoms in total. The highest BCUT2D eigenvalue weighted by Crippen LogP contribution is 2.21. The van der Waals surface area contributed by atoms with E-state index >= 15 is 0 Å². The summed E-state index contributed by atoms with van der Waals surface area (Å²) in [7, 11) is 0. The molecule has 0 spiro atoms. The number of ether oxygens (including phenoxy) is 1. The van der Waals surface area contributed by atoms with Gasteiger partial charge in [-0.15, -0.1) is 10.2 Å². The molecule has 0 radical (unpaired) electrons. The maximum atomic E-state index is 12.1. The largest absolute Gasteiger partial charge is 0.494 e. The van der Waals surface area contributed by atoms with E-state index in [1.165, 1.54) is 28.5 Å². The quantitative estimate of drug-likeness (QED) is 0.428. The second-order valence-corrected chi connectivity index (χ2v) is 7.85. The van der Waals surface area contributed by atoms with Crippen molar-refractivity contribution in [2.45, 2.75) is 32.3 Å². The molecule has 2 aromatic carbocycles. The van der Waals surface area contributed by atoms with Gasteiger partial charge < -0.3 is 10.1 Å². The minimum atomic E-state index is -0.0276. The SMILES string of the molecule is Cc1cccc(OCCCNC(=O)CSc2nncn2-c2ccc(C)c(C)c2)c1. The lowest BCUT2D eigenvalue weighted by Gasteiger charge is -2.09. The summed E-state index contributed by atoms with van der Waals surface area (Å²) in [4.78, 5) is 12.1. The summed E-state index contributed by atoms with van der Waals surface area (Å²) in [6.45, 7) is 7.34. The van der Waals surface area contributed by atoms with E-state index in [0.29, 0.717) is 24.1 Å². The number of thioether (sulfide) groups is 1. The summed E-state index contributed by atoms with van der Waals surface area (Å²) in [5, 5.41) is 11.8. The lowest BCUT2D eigenvalue weighted by molar-refractivity contribution is -0.118. The van der Waals surface area contributed by atoms with Gasteiger partial charge in [-0.05, 0) is 68.1 Å². The smallest absolute Gasteiger partial charge is 0.230 e. The number of carbonyl (C=O) groups is 1. The van der Waals surface area contributed by atoms with E-state index in [9.17, 15) is 4.79 Å². The van der Waals surface area contributed by atoms with Crippen LogP contribution in [-0.4, -0.2) is 39.6 Å². The van der Waals surface area contributed by atoms with E-state index < -0.39 is 0 Å². The highest BCUT2D eigenvalue weighted by Gasteiger charge is 2.10. The van der Waals surface area contributed by atoms with Crippen LogP contribution in [0.1, 0.15) is 23.1 Å². The Hall–Kier alpha value is -2.80. The van der Waals surface area contributed by atoms with Crippen LogP contribution in [0.15, 0.2) is 53.9 Å². The summed E-state index contributed by atoms with van der Waals surface area (Å²) < 4.78 is 7.59. The van der Waals surface area contributed by atoms with Crippen LogP contribution in [-0.2, 0) is 4.79 Å². The summed E-state index contributed by atoms with van der Waals surface area (Å²) in [5.41, 5.74) is 4.61. The number of nitrogens with one attached hydrogen (secondary N) is 1. The number of aromatic nitrogens is 3. The van der Waals surface area contributed by atoms with Gasteiger partial charge in [0.2, 0.25) is 5.91 Å². The normalized spacial score (nSPS) is 10.7. The fraction of sp³-hybridized carbons (Fsp3) is 0.318. The number of rotatable bonds is 9. The first-order valence-corrected chi connectivity index (χ1v) is 10.6. The predicted molar refractivity (Wildman–Crippen MR) is 116 cm³/mol. The molecule has 29 heavy (non-hydrogen) atoms. The van der Waals surface area contributed by atoms with E-state index in [-0.39, 0.29) is 5.91 Å². The molecule has 1 aromatic heterocycles. The Labute approximate surface area is 175 Å². The topological polar surface area (TPSA) is 69.0 Å². The Morgan fingerprint density at radius 2 is 2.00 bits per heavy atom. The maximum absolute atomic E-state index is 12.1. The van der Waals surface area contributed by atoms with Crippen LogP contribution in [0.4, 0.5) is 0 Å². The highest BCUT2D eigenvalue weighted by molar-refractivity contribution is 7.99. The monoisotopic (exact) mass is 410 g/mol. The first-order chi connectivity index (χ1) is 14.0. The Kier molecular flexibility index (Phi) is 7.30. The van der Waals surface area contributed by atoms with E-state index in [4.69, 9.17) is 4.74 Å². The van der Waals surface area contributed by atoms with E-state index in [1.54, 1.807) is 6.33 Å². The summed E-state index contributed by atoms with van der Waals surface area (Å²) in [5.74, 6) is 1.13. The molecule has 0 aliphatic carbocycles. The molecule has 0 unspecified atom stereocenters. The third-order valence-corrected chi connectivity index (χ3v) is 5.46. The zero-order valence-electron chi connectivity index (χ0n) is 17.0. The third-order valence-electron chi connectivity index (χ3n) is 4.52. The number of aryl methyl sites for hydroxylation is 3. The van der Waals surface area contributed by atoms with Crippen molar-refractivity contribution in [1.29, 1.82) is 0 Å². The number of benzene rings is 2. The highest BCUT2D eigenvalue weighted by atomic mass is 32.2. The van der Waals surface area contributed by atoms with Gasteiger partial charge in [0.05, 0.1) is 12.4 Å². The van der Waals surface area contributed by atoms with Crippen LogP contribution in [0.25, 0.3) is 5.69 Å². The lowest BCUT2D eigenvalue weighted by Crippen LogP contribution is -2.27. The molecule has 152 valence electrons. The molecular formula is C22H26N4O2S. The van der Waals surface area contributed by atoms with E-state index in [1.807, 2.05) is 41.8 Å². The van der Waals surface area contributed by atoms with Gasteiger partial charge in [-0.3, -0.25) is 9.36 Å². The Balaban J connectivity index is 1.41. The second kappa shape index (κ2) is 10.1. The van der Waals surface area contributed by atoms with Gasteiger partial charge in [-0.1, -0.05) is 30.0 Å². The first kappa shape index (κ1) is 20.9. The molecule has 1 N–H and O–H groups in total. The van der Waals surface area contributed by atoms with Crippen LogP contribution >= 0.6 is 11.8 Å². The van der Waals surface area contributed by atoms with Crippen molar-refractivity contribution in [3.63, 3.8) is 0 Å². The average molecular weight is 411 g/mol. The maximum Gasteiger partial charge on any atom is 0.230 e. The number of amides is 1. The second-order valence-electron chi connectivity index (χ2n) is 6.91. The van der Waals surface area contributed by atoms with Gasteiger partial charge in [-0.2, -0.15) is 0 Å². The molecule has 0 aliphatic rings. The first-order valence-electron chi connectivity index (χ1n) is 9.59. The molecule has 3 aromatic rings. The van der Waals surface area contributed by atoms with Gasteiger partial charge in [0, 0.05) is 12.2 Å². The van der Waals surface area contributed by atoms with Crippen LogP contribution in [0.5, 0.6) is 5.75 Å². The molecule has 1 amide bonds. The molecule has 0 fully saturated rings. The molecule has 0 saturated heterocycles. The van der Waals surface area contributed by atoms with Crippen molar-refractivity contribution in [2.75, 3.05) is 18.9 Å². The molecule has 0 saturated carbocycles. The number of hydrogen-bond acceptors (Lipinski definition) is 5. The van der Waals surface area contributed by atoms with Crippen LogP contribution in [0.2, 0.25) is 0 Å². The summed E-state index contributed by atoms with van der Waals surface area (Å²) >= 11 is 1.38.